The zero-order valence-corrected chi connectivity index (χ0v) is 15.5. The Hall–Kier alpha value is -1.78. The molecule has 132 valence electrons. The molecule has 0 bridgehead atoms. The van der Waals surface area contributed by atoms with E-state index in [0.29, 0.717) is 23.0 Å². The van der Waals surface area contributed by atoms with Crippen molar-refractivity contribution in [3.8, 4) is 0 Å². The zero-order chi connectivity index (χ0) is 17.6. The van der Waals surface area contributed by atoms with Gasteiger partial charge in [-0.1, -0.05) is 35.3 Å². The molecule has 0 spiro atoms. The second-order valence-electron chi connectivity index (χ2n) is 6.22. The van der Waals surface area contributed by atoms with Gasteiger partial charge in [0.15, 0.2) is 0 Å². The summed E-state index contributed by atoms with van der Waals surface area (Å²) >= 11 is 11.8. The molecule has 3 rings (SSSR count). The molecule has 2 aromatic rings. The molecule has 0 saturated carbocycles. The number of halogens is 2. The van der Waals surface area contributed by atoms with E-state index in [4.69, 9.17) is 23.2 Å². The van der Waals surface area contributed by atoms with Crippen LogP contribution < -0.4 is 10.6 Å². The molecule has 1 aromatic carbocycles. The average Bonchev–Trinajstić information content (AvgIpc) is 2.62. The van der Waals surface area contributed by atoms with Crippen LogP contribution in [0.3, 0.4) is 0 Å². The van der Waals surface area contributed by atoms with Gasteiger partial charge in [0.2, 0.25) is 5.91 Å². The van der Waals surface area contributed by atoms with E-state index >= 15 is 0 Å². The number of anilines is 1. The third-order valence-electron chi connectivity index (χ3n) is 4.23. The number of fused-ring (bicyclic) bond motifs is 1. The van der Waals surface area contributed by atoms with Crippen LogP contribution in [0.1, 0.15) is 29.7 Å². The van der Waals surface area contributed by atoms with E-state index in [-0.39, 0.29) is 5.91 Å². The van der Waals surface area contributed by atoms with Gasteiger partial charge in [0.1, 0.15) is 5.82 Å². The normalized spacial score (nSPS) is 13.0. The fourth-order valence-corrected chi connectivity index (χ4v) is 3.22. The van der Waals surface area contributed by atoms with E-state index in [1.807, 2.05) is 6.07 Å². The second kappa shape index (κ2) is 8.54. The molecule has 1 aromatic heterocycles. The smallest absolute Gasteiger partial charge is 0.224 e. The monoisotopic (exact) mass is 377 g/mol. The number of pyridine rings is 1. The van der Waals surface area contributed by atoms with Crippen molar-refractivity contribution in [2.75, 3.05) is 18.4 Å². The zero-order valence-electron chi connectivity index (χ0n) is 13.9. The first-order valence-corrected chi connectivity index (χ1v) is 9.31. The Balaban J connectivity index is 1.42. The van der Waals surface area contributed by atoms with Gasteiger partial charge < -0.3 is 10.6 Å². The lowest BCUT2D eigenvalue weighted by molar-refractivity contribution is -0.120. The van der Waals surface area contributed by atoms with E-state index in [0.717, 1.165) is 42.9 Å². The van der Waals surface area contributed by atoms with Crippen LogP contribution in [-0.4, -0.2) is 24.0 Å². The van der Waals surface area contributed by atoms with Gasteiger partial charge in [-0.3, -0.25) is 4.79 Å². The predicted octanol–water partition coefficient (Wildman–Crippen LogP) is 4.04. The largest absolute Gasteiger partial charge is 0.370 e. The first kappa shape index (κ1) is 18.0. The Morgan fingerprint density at radius 2 is 2.08 bits per heavy atom. The third kappa shape index (κ3) is 5.10. The number of benzene rings is 1. The molecular formula is C19H21Cl2N3O. The molecule has 0 atom stereocenters. The molecule has 0 radical (unpaired) electrons. The van der Waals surface area contributed by atoms with Crippen molar-refractivity contribution in [2.24, 2.45) is 0 Å². The number of carbonyl (C=O) groups is 1. The van der Waals surface area contributed by atoms with E-state index in [2.05, 4.69) is 27.8 Å². The van der Waals surface area contributed by atoms with Crippen molar-refractivity contribution in [1.29, 1.82) is 0 Å². The van der Waals surface area contributed by atoms with Crippen LogP contribution in [0.5, 0.6) is 0 Å². The van der Waals surface area contributed by atoms with Crippen LogP contribution in [0.25, 0.3) is 0 Å². The SMILES string of the molecule is O=C(Cc1ccc(Cl)c(Cl)c1)NCCCc1ccc2c(n1)NCCC2. The van der Waals surface area contributed by atoms with Crippen LogP contribution in [0.2, 0.25) is 10.0 Å². The Morgan fingerprint density at radius 1 is 1.20 bits per heavy atom. The first-order chi connectivity index (χ1) is 12.1. The first-order valence-electron chi connectivity index (χ1n) is 8.55. The number of aryl methyl sites for hydroxylation is 2. The molecule has 4 nitrogen and oxygen atoms in total. The summed E-state index contributed by atoms with van der Waals surface area (Å²) in [5, 5.41) is 7.26. The average molecular weight is 378 g/mol. The maximum absolute atomic E-state index is 12.0. The summed E-state index contributed by atoms with van der Waals surface area (Å²) in [6.07, 6.45) is 4.28. The Morgan fingerprint density at radius 3 is 2.92 bits per heavy atom. The van der Waals surface area contributed by atoms with Gasteiger partial charge in [-0.15, -0.1) is 0 Å². The number of amides is 1. The van der Waals surface area contributed by atoms with Gasteiger partial charge in [-0.25, -0.2) is 4.98 Å². The van der Waals surface area contributed by atoms with E-state index in [1.165, 1.54) is 12.0 Å². The molecule has 2 heterocycles. The second-order valence-corrected chi connectivity index (χ2v) is 7.03. The summed E-state index contributed by atoms with van der Waals surface area (Å²) in [7, 11) is 0. The maximum atomic E-state index is 12.0. The molecular weight excluding hydrogens is 357 g/mol. The lowest BCUT2D eigenvalue weighted by Crippen LogP contribution is -2.26. The number of nitrogens with one attached hydrogen (secondary N) is 2. The van der Waals surface area contributed by atoms with Gasteiger partial charge in [0.05, 0.1) is 16.5 Å². The van der Waals surface area contributed by atoms with E-state index in [9.17, 15) is 4.79 Å². The summed E-state index contributed by atoms with van der Waals surface area (Å²) < 4.78 is 0. The van der Waals surface area contributed by atoms with Crippen molar-refractivity contribution in [2.45, 2.75) is 32.1 Å². The quantitative estimate of drug-likeness (QED) is 0.746. The molecule has 6 heteroatoms. The molecule has 0 unspecified atom stereocenters. The highest BCUT2D eigenvalue weighted by Crippen LogP contribution is 2.23. The predicted molar refractivity (Wildman–Crippen MR) is 103 cm³/mol. The van der Waals surface area contributed by atoms with Crippen LogP contribution in [-0.2, 0) is 24.1 Å². The lowest BCUT2D eigenvalue weighted by atomic mass is 10.1. The van der Waals surface area contributed by atoms with Gasteiger partial charge in [0, 0.05) is 18.8 Å². The minimum absolute atomic E-state index is 0.0153. The van der Waals surface area contributed by atoms with Crippen molar-refractivity contribution in [3.63, 3.8) is 0 Å². The van der Waals surface area contributed by atoms with Crippen molar-refractivity contribution < 1.29 is 4.79 Å². The molecule has 1 amide bonds. The Kier molecular flexibility index (Phi) is 6.16. The van der Waals surface area contributed by atoms with Crippen molar-refractivity contribution >= 4 is 34.9 Å². The fraction of sp³-hybridized carbons (Fsp3) is 0.368. The number of nitrogens with zero attached hydrogens (tertiary/aromatic N) is 1. The number of hydrogen-bond donors (Lipinski definition) is 2. The highest BCUT2D eigenvalue weighted by atomic mass is 35.5. The van der Waals surface area contributed by atoms with Crippen molar-refractivity contribution in [1.82, 2.24) is 10.3 Å². The summed E-state index contributed by atoms with van der Waals surface area (Å²) in [6, 6.07) is 9.50. The molecule has 0 saturated heterocycles. The van der Waals surface area contributed by atoms with Gasteiger partial charge >= 0.3 is 0 Å². The molecule has 1 aliphatic rings. The molecule has 2 N–H and O–H groups in total. The topological polar surface area (TPSA) is 54.0 Å². The molecule has 0 aliphatic carbocycles. The van der Waals surface area contributed by atoms with Gasteiger partial charge in [-0.2, -0.15) is 0 Å². The maximum Gasteiger partial charge on any atom is 0.224 e. The molecule has 1 aliphatic heterocycles. The fourth-order valence-electron chi connectivity index (χ4n) is 2.90. The van der Waals surface area contributed by atoms with E-state index in [1.54, 1.807) is 12.1 Å². The van der Waals surface area contributed by atoms with Gasteiger partial charge in [0.25, 0.3) is 0 Å². The Labute approximate surface area is 157 Å². The number of aromatic nitrogens is 1. The number of rotatable bonds is 6. The highest BCUT2D eigenvalue weighted by Gasteiger charge is 2.10. The minimum Gasteiger partial charge on any atom is -0.370 e. The summed E-state index contributed by atoms with van der Waals surface area (Å²) in [5.74, 6) is 1.01. The van der Waals surface area contributed by atoms with Crippen LogP contribution in [0.15, 0.2) is 30.3 Å². The Bertz CT molecular complexity index is 764. The molecule has 0 fully saturated rings. The standard InChI is InChI=1S/C19H21Cl2N3O/c20-16-8-5-13(11-17(16)21)12-18(25)22-9-2-4-15-7-6-14-3-1-10-23-19(14)24-15/h5-8,11H,1-4,9-10,12H2,(H,22,25)(H,23,24). The summed E-state index contributed by atoms with van der Waals surface area (Å²) in [4.78, 5) is 16.7. The molecule has 25 heavy (non-hydrogen) atoms. The summed E-state index contributed by atoms with van der Waals surface area (Å²) in [5.41, 5.74) is 3.21. The van der Waals surface area contributed by atoms with Gasteiger partial charge in [-0.05, 0) is 55.0 Å². The third-order valence-corrected chi connectivity index (χ3v) is 4.97. The number of hydrogen-bond acceptors (Lipinski definition) is 3. The number of carbonyl (C=O) groups excluding carboxylic acids is 1. The minimum atomic E-state index is -0.0153. The van der Waals surface area contributed by atoms with Crippen LogP contribution in [0.4, 0.5) is 5.82 Å². The van der Waals surface area contributed by atoms with Crippen LogP contribution >= 0.6 is 23.2 Å². The van der Waals surface area contributed by atoms with E-state index < -0.39 is 0 Å². The van der Waals surface area contributed by atoms with Crippen molar-refractivity contribution in [3.05, 3.63) is 57.2 Å². The summed E-state index contributed by atoms with van der Waals surface area (Å²) in [6.45, 7) is 1.63. The van der Waals surface area contributed by atoms with Crippen LogP contribution in [0, 0.1) is 0 Å². The highest BCUT2D eigenvalue weighted by molar-refractivity contribution is 6.42. The lowest BCUT2D eigenvalue weighted by Gasteiger charge is -2.17.